The quantitative estimate of drug-likeness (QED) is 0.811. The van der Waals surface area contributed by atoms with Crippen LogP contribution in [0.25, 0.3) is 0 Å². The second-order valence-electron chi connectivity index (χ2n) is 5.97. The molecule has 0 aromatic rings. The third-order valence-corrected chi connectivity index (χ3v) is 5.00. The van der Waals surface area contributed by atoms with Gasteiger partial charge < -0.3 is 14.9 Å². The highest BCUT2D eigenvalue weighted by molar-refractivity contribution is 8.00. The average molecular weight is 301 g/mol. The normalized spacial score (nSPS) is 23.7. The Bertz CT molecular complexity index is 381. The number of carboxylic acid groups (broad SMARTS) is 1. The molecule has 2 heterocycles. The van der Waals surface area contributed by atoms with Crippen molar-refractivity contribution in [3.63, 3.8) is 0 Å². The van der Waals surface area contributed by atoms with Gasteiger partial charge in [-0.3, -0.25) is 9.69 Å². The molecule has 7 heteroatoms. The van der Waals surface area contributed by atoms with Crippen molar-refractivity contribution < 1.29 is 14.7 Å². The fraction of sp³-hybridized carbons (Fsp3) is 0.846. The number of rotatable bonds is 2. The molecule has 1 N–H and O–H groups in total. The monoisotopic (exact) mass is 301 g/mol. The van der Waals surface area contributed by atoms with Gasteiger partial charge in [0.15, 0.2) is 0 Å². The number of carboxylic acids is 1. The van der Waals surface area contributed by atoms with Gasteiger partial charge in [0.2, 0.25) is 0 Å². The van der Waals surface area contributed by atoms with Crippen LogP contribution in [0.4, 0.5) is 4.79 Å². The summed E-state index contributed by atoms with van der Waals surface area (Å²) in [5.74, 6) is 0.178. The van der Waals surface area contributed by atoms with Crippen molar-refractivity contribution in [3.8, 4) is 0 Å². The van der Waals surface area contributed by atoms with E-state index < -0.39 is 5.97 Å². The number of hydrogen-bond donors (Lipinski definition) is 1. The molecule has 0 spiro atoms. The number of thioether (sulfide) groups is 1. The SMILES string of the molecule is CC1(C)CN(C(=O)N2CCN(CC(=O)O)CC2)CCS1. The van der Waals surface area contributed by atoms with Crippen LogP contribution >= 0.6 is 11.8 Å². The molecule has 0 bridgehead atoms. The van der Waals surface area contributed by atoms with E-state index >= 15 is 0 Å². The van der Waals surface area contributed by atoms with Crippen LogP contribution in [0, 0.1) is 0 Å². The zero-order chi connectivity index (χ0) is 14.8. The van der Waals surface area contributed by atoms with Crippen LogP contribution in [-0.4, -0.2) is 88.1 Å². The van der Waals surface area contributed by atoms with Crippen LogP contribution in [0.3, 0.4) is 0 Å². The maximum absolute atomic E-state index is 12.5. The molecule has 2 aliphatic heterocycles. The Morgan fingerprint density at radius 1 is 1.10 bits per heavy atom. The van der Waals surface area contributed by atoms with Gasteiger partial charge >= 0.3 is 12.0 Å². The zero-order valence-corrected chi connectivity index (χ0v) is 13.0. The van der Waals surface area contributed by atoms with Crippen molar-refractivity contribution in [3.05, 3.63) is 0 Å². The molecule has 2 aliphatic rings. The Hall–Kier alpha value is -0.950. The van der Waals surface area contributed by atoms with E-state index in [0.717, 1.165) is 18.8 Å². The standard InChI is InChI=1S/C13H23N3O3S/c1-13(2)10-16(7-8-20-13)12(19)15-5-3-14(4-6-15)9-11(17)18/h3-10H2,1-2H3,(H,17,18). The van der Waals surface area contributed by atoms with E-state index in [4.69, 9.17) is 5.11 Å². The topological polar surface area (TPSA) is 64.1 Å². The Morgan fingerprint density at radius 3 is 2.30 bits per heavy atom. The number of aliphatic carboxylic acids is 1. The van der Waals surface area contributed by atoms with Crippen molar-refractivity contribution in [2.45, 2.75) is 18.6 Å². The van der Waals surface area contributed by atoms with Crippen molar-refractivity contribution in [1.29, 1.82) is 0 Å². The molecule has 0 atom stereocenters. The predicted octanol–water partition coefficient (Wildman–Crippen LogP) is 0.636. The van der Waals surface area contributed by atoms with Gasteiger partial charge in [-0.25, -0.2) is 4.79 Å². The Labute approximate surface area is 124 Å². The molecule has 0 radical (unpaired) electrons. The van der Waals surface area contributed by atoms with E-state index in [1.807, 2.05) is 26.5 Å². The lowest BCUT2D eigenvalue weighted by Gasteiger charge is -2.42. The fourth-order valence-electron chi connectivity index (χ4n) is 2.67. The number of nitrogens with zero attached hydrogens (tertiary/aromatic N) is 3. The third kappa shape index (κ3) is 4.02. The van der Waals surface area contributed by atoms with Crippen LogP contribution in [-0.2, 0) is 4.79 Å². The second-order valence-corrected chi connectivity index (χ2v) is 7.77. The second kappa shape index (κ2) is 6.22. The minimum absolute atomic E-state index is 0.0649. The molecule has 0 unspecified atom stereocenters. The molecule has 2 fully saturated rings. The summed E-state index contributed by atoms with van der Waals surface area (Å²) in [5, 5.41) is 8.77. The summed E-state index contributed by atoms with van der Waals surface area (Å²) in [6.07, 6.45) is 0. The highest BCUT2D eigenvalue weighted by Crippen LogP contribution is 2.30. The average Bonchev–Trinajstić information content (AvgIpc) is 2.37. The van der Waals surface area contributed by atoms with Gasteiger partial charge in [-0.05, 0) is 13.8 Å². The lowest BCUT2D eigenvalue weighted by atomic mass is 10.2. The van der Waals surface area contributed by atoms with E-state index in [2.05, 4.69) is 13.8 Å². The summed E-state index contributed by atoms with van der Waals surface area (Å²) in [6, 6.07) is 0.105. The summed E-state index contributed by atoms with van der Waals surface area (Å²) in [6.45, 7) is 8.52. The molecule has 0 saturated carbocycles. The van der Waals surface area contributed by atoms with Gasteiger partial charge in [0.25, 0.3) is 0 Å². The first-order valence-corrected chi connectivity index (χ1v) is 7.98. The lowest BCUT2D eigenvalue weighted by molar-refractivity contribution is -0.138. The first-order valence-electron chi connectivity index (χ1n) is 6.99. The van der Waals surface area contributed by atoms with Crippen LogP contribution in [0.5, 0.6) is 0 Å². The van der Waals surface area contributed by atoms with Crippen molar-refractivity contribution >= 4 is 23.8 Å². The van der Waals surface area contributed by atoms with Gasteiger partial charge in [0, 0.05) is 49.8 Å². The minimum atomic E-state index is -0.806. The Balaban J connectivity index is 1.84. The summed E-state index contributed by atoms with van der Waals surface area (Å²) < 4.78 is 0.124. The molecular formula is C13H23N3O3S. The maximum atomic E-state index is 12.5. The first-order chi connectivity index (χ1) is 9.37. The van der Waals surface area contributed by atoms with Crippen molar-refractivity contribution in [1.82, 2.24) is 14.7 Å². The molecule has 114 valence electrons. The Kier molecular flexibility index (Phi) is 4.80. The molecule has 2 saturated heterocycles. The summed E-state index contributed by atoms with van der Waals surface area (Å²) in [5.41, 5.74) is 0. The van der Waals surface area contributed by atoms with Gasteiger partial charge in [-0.15, -0.1) is 0 Å². The highest BCUT2D eigenvalue weighted by Gasteiger charge is 2.33. The van der Waals surface area contributed by atoms with Crippen LogP contribution in [0.15, 0.2) is 0 Å². The van der Waals surface area contributed by atoms with E-state index in [9.17, 15) is 9.59 Å². The largest absolute Gasteiger partial charge is 0.480 e. The maximum Gasteiger partial charge on any atom is 0.320 e. The van der Waals surface area contributed by atoms with Crippen LogP contribution in [0.1, 0.15) is 13.8 Å². The van der Waals surface area contributed by atoms with Crippen LogP contribution < -0.4 is 0 Å². The Morgan fingerprint density at radius 2 is 1.75 bits per heavy atom. The summed E-state index contributed by atoms with van der Waals surface area (Å²) in [4.78, 5) is 28.8. The number of urea groups is 1. The fourth-order valence-corrected chi connectivity index (χ4v) is 3.78. The number of piperazine rings is 1. The molecular weight excluding hydrogens is 278 g/mol. The third-order valence-electron chi connectivity index (χ3n) is 3.70. The van der Waals surface area contributed by atoms with E-state index in [0.29, 0.717) is 26.2 Å². The molecule has 20 heavy (non-hydrogen) atoms. The molecule has 0 aromatic carbocycles. The highest BCUT2D eigenvalue weighted by atomic mass is 32.2. The number of amides is 2. The summed E-state index contributed by atoms with van der Waals surface area (Å²) >= 11 is 1.91. The van der Waals surface area contributed by atoms with Gasteiger partial charge in [0.1, 0.15) is 0 Å². The molecule has 2 amide bonds. The van der Waals surface area contributed by atoms with Crippen molar-refractivity contribution in [2.75, 3.05) is 51.6 Å². The molecule has 0 aromatic heterocycles. The predicted molar refractivity (Wildman–Crippen MR) is 79.2 cm³/mol. The number of hydrogen-bond acceptors (Lipinski definition) is 4. The summed E-state index contributed by atoms with van der Waals surface area (Å²) in [7, 11) is 0. The van der Waals surface area contributed by atoms with E-state index in [1.54, 1.807) is 0 Å². The number of carbonyl (C=O) groups excluding carboxylic acids is 1. The molecule has 6 nitrogen and oxygen atoms in total. The van der Waals surface area contributed by atoms with Crippen molar-refractivity contribution in [2.24, 2.45) is 0 Å². The van der Waals surface area contributed by atoms with E-state index in [1.165, 1.54) is 0 Å². The molecule has 2 rings (SSSR count). The van der Waals surface area contributed by atoms with E-state index in [-0.39, 0.29) is 17.3 Å². The van der Waals surface area contributed by atoms with Gasteiger partial charge in [-0.1, -0.05) is 0 Å². The number of carbonyl (C=O) groups is 2. The minimum Gasteiger partial charge on any atom is -0.480 e. The molecule has 0 aliphatic carbocycles. The smallest absolute Gasteiger partial charge is 0.320 e. The zero-order valence-electron chi connectivity index (χ0n) is 12.2. The van der Waals surface area contributed by atoms with Gasteiger partial charge in [-0.2, -0.15) is 11.8 Å². The lowest BCUT2D eigenvalue weighted by Crippen LogP contribution is -2.56. The van der Waals surface area contributed by atoms with Crippen LogP contribution in [0.2, 0.25) is 0 Å². The van der Waals surface area contributed by atoms with Gasteiger partial charge in [0.05, 0.1) is 6.54 Å². The first kappa shape index (κ1) is 15.4.